The molecule has 0 spiro atoms. The van der Waals surface area contributed by atoms with E-state index in [1.807, 2.05) is 5.38 Å². The molecule has 0 amide bonds. The van der Waals surface area contributed by atoms with Gasteiger partial charge in [-0.25, -0.2) is 4.98 Å². The average Bonchev–Trinajstić information content (AvgIpc) is 3.22. The van der Waals surface area contributed by atoms with Crippen molar-refractivity contribution in [2.24, 2.45) is 5.73 Å². The molecular weight excluding hydrogens is 409 g/mol. The van der Waals surface area contributed by atoms with Crippen molar-refractivity contribution in [3.63, 3.8) is 0 Å². The summed E-state index contributed by atoms with van der Waals surface area (Å²) in [4.78, 5) is 4.48. The van der Waals surface area contributed by atoms with Crippen LogP contribution in [0.15, 0.2) is 38.3 Å². The number of thiazole rings is 1. The maximum Gasteiger partial charge on any atom is 0.416 e. The average molecular weight is 421 g/mol. The topological polar surface area (TPSA) is 64.7 Å². The molecule has 2 heterocycles. The molecule has 4 nitrogen and oxygen atoms in total. The summed E-state index contributed by atoms with van der Waals surface area (Å²) >= 11 is 5.84. The molecule has 0 fully saturated rings. The van der Waals surface area contributed by atoms with Crippen LogP contribution in [0.5, 0.6) is 0 Å². The van der Waals surface area contributed by atoms with Gasteiger partial charge in [0.05, 0.1) is 11.3 Å². The summed E-state index contributed by atoms with van der Waals surface area (Å²) in [5.74, 6) is 1.08. The van der Waals surface area contributed by atoms with Crippen LogP contribution < -0.4 is 5.73 Å². The first-order chi connectivity index (χ1) is 12.0. The number of hydrogen-bond acceptors (Lipinski definition) is 8. The summed E-state index contributed by atoms with van der Waals surface area (Å²) in [5, 5.41) is 10.7. The van der Waals surface area contributed by atoms with Crippen molar-refractivity contribution in [2.75, 3.05) is 5.88 Å². The summed E-state index contributed by atoms with van der Waals surface area (Å²) in [5.41, 5.74) is 6.32. The molecule has 1 aromatic carbocycles. The van der Waals surface area contributed by atoms with E-state index in [1.54, 1.807) is 0 Å². The number of alkyl halides is 3. The third kappa shape index (κ3) is 4.94. The maximum absolute atomic E-state index is 12.6. The van der Waals surface area contributed by atoms with Gasteiger partial charge in [-0.3, -0.25) is 0 Å². The highest BCUT2D eigenvalue weighted by Crippen LogP contribution is 2.33. The van der Waals surface area contributed by atoms with Gasteiger partial charge in [0.25, 0.3) is 0 Å². The van der Waals surface area contributed by atoms with E-state index in [2.05, 4.69) is 15.2 Å². The van der Waals surface area contributed by atoms with Crippen LogP contribution in [0.25, 0.3) is 10.6 Å². The van der Waals surface area contributed by atoms with Gasteiger partial charge in [-0.1, -0.05) is 47.0 Å². The standard InChI is InChI=1S/C14H11F3N4S4/c15-14(16,17)9-3-1-8(2-4-9)11-19-10(5-22-11)6-23-12-20-21-13(25-12)24-7-18/h1-5H,6-7,18H2. The van der Waals surface area contributed by atoms with Crippen LogP contribution >= 0.6 is 46.2 Å². The van der Waals surface area contributed by atoms with Crippen molar-refractivity contribution in [3.05, 3.63) is 40.9 Å². The Labute approximate surface area is 158 Å². The third-order valence-electron chi connectivity index (χ3n) is 2.95. The van der Waals surface area contributed by atoms with E-state index in [1.165, 1.54) is 58.3 Å². The number of rotatable bonds is 6. The van der Waals surface area contributed by atoms with Gasteiger partial charge in [0.2, 0.25) is 0 Å². The minimum absolute atomic E-state index is 0.460. The number of nitrogens with zero attached hydrogens (tertiary/aromatic N) is 3. The van der Waals surface area contributed by atoms with Crippen LogP contribution in [0.4, 0.5) is 13.2 Å². The molecule has 0 atom stereocenters. The van der Waals surface area contributed by atoms with Crippen LogP contribution in [0.3, 0.4) is 0 Å². The van der Waals surface area contributed by atoms with Gasteiger partial charge in [-0.05, 0) is 12.1 Å². The fourth-order valence-corrected chi connectivity index (χ4v) is 5.32. The molecule has 25 heavy (non-hydrogen) atoms. The normalized spacial score (nSPS) is 11.8. The van der Waals surface area contributed by atoms with Gasteiger partial charge in [0.15, 0.2) is 8.68 Å². The Hall–Kier alpha value is -1.14. The Morgan fingerprint density at radius 2 is 1.72 bits per heavy atom. The van der Waals surface area contributed by atoms with E-state index in [0.29, 0.717) is 22.2 Å². The van der Waals surface area contributed by atoms with Crippen LogP contribution in [-0.2, 0) is 11.9 Å². The Morgan fingerprint density at radius 3 is 2.36 bits per heavy atom. The Kier molecular flexibility index (Phi) is 6.00. The van der Waals surface area contributed by atoms with Gasteiger partial charge >= 0.3 is 6.18 Å². The van der Waals surface area contributed by atoms with E-state index in [-0.39, 0.29) is 0 Å². The molecule has 132 valence electrons. The van der Waals surface area contributed by atoms with Crippen molar-refractivity contribution < 1.29 is 13.2 Å². The highest BCUT2D eigenvalue weighted by Gasteiger charge is 2.30. The molecule has 11 heteroatoms. The maximum atomic E-state index is 12.6. The zero-order valence-corrected chi connectivity index (χ0v) is 15.8. The van der Waals surface area contributed by atoms with E-state index in [9.17, 15) is 13.2 Å². The molecule has 0 radical (unpaired) electrons. The second-order valence-electron chi connectivity index (χ2n) is 4.65. The molecule has 0 aliphatic heterocycles. The molecule has 0 aliphatic rings. The molecule has 0 aliphatic carbocycles. The van der Waals surface area contributed by atoms with E-state index in [4.69, 9.17) is 5.73 Å². The summed E-state index contributed by atoms with van der Waals surface area (Å²) in [6.07, 6.45) is -4.33. The number of thioether (sulfide) groups is 2. The summed E-state index contributed by atoms with van der Waals surface area (Å²) in [6, 6.07) is 5.03. The molecule has 2 aromatic heterocycles. The van der Waals surface area contributed by atoms with Gasteiger partial charge in [-0.15, -0.1) is 21.5 Å². The molecule has 0 bridgehead atoms. The molecule has 3 aromatic rings. The second-order valence-corrected chi connectivity index (χ2v) is 8.98. The quantitative estimate of drug-likeness (QED) is 0.448. The zero-order chi connectivity index (χ0) is 17.9. The van der Waals surface area contributed by atoms with Crippen LogP contribution in [0.2, 0.25) is 0 Å². The highest BCUT2D eigenvalue weighted by molar-refractivity contribution is 8.02. The highest BCUT2D eigenvalue weighted by atomic mass is 32.2. The minimum atomic E-state index is -4.33. The predicted octanol–water partition coefficient (Wildman–Crippen LogP) is 4.98. The lowest BCUT2D eigenvalue weighted by atomic mass is 10.1. The molecule has 0 saturated carbocycles. The lowest BCUT2D eigenvalue weighted by Gasteiger charge is -2.06. The third-order valence-corrected chi connectivity index (χ3v) is 6.87. The van der Waals surface area contributed by atoms with Crippen molar-refractivity contribution in [1.82, 2.24) is 15.2 Å². The van der Waals surface area contributed by atoms with Crippen LogP contribution in [0, 0.1) is 0 Å². The van der Waals surface area contributed by atoms with Crippen LogP contribution in [-0.4, -0.2) is 21.1 Å². The predicted molar refractivity (Wildman–Crippen MR) is 96.9 cm³/mol. The smallest absolute Gasteiger partial charge is 0.322 e. The summed E-state index contributed by atoms with van der Waals surface area (Å²) in [7, 11) is 0. The number of halogens is 3. The Balaban J connectivity index is 1.63. The van der Waals surface area contributed by atoms with Gasteiger partial charge in [-0.2, -0.15) is 13.2 Å². The fourth-order valence-electron chi connectivity index (χ4n) is 1.83. The van der Waals surface area contributed by atoms with E-state index in [0.717, 1.165) is 26.5 Å². The first kappa shape index (κ1) is 18.6. The fraction of sp³-hybridized carbons (Fsp3) is 0.214. The molecule has 0 saturated heterocycles. The number of benzene rings is 1. The lowest BCUT2D eigenvalue weighted by molar-refractivity contribution is -0.137. The van der Waals surface area contributed by atoms with Gasteiger partial charge in [0.1, 0.15) is 5.01 Å². The van der Waals surface area contributed by atoms with Crippen molar-refractivity contribution in [2.45, 2.75) is 20.6 Å². The largest absolute Gasteiger partial charge is 0.416 e. The number of aromatic nitrogens is 3. The second kappa shape index (κ2) is 8.04. The first-order valence-corrected chi connectivity index (χ1v) is 10.5. The molecule has 0 unspecified atom stereocenters. The summed E-state index contributed by atoms with van der Waals surface area (Å²) < 4.78 is 39.5. The van der Waals surface area contributed by atoms with Crippen molar-refractivity contribution >= 4 is 46.2 Å². The first-order valence-electron chi connectivity index (χ1n) is 6.87. The zero-order valence-electron chi connectivity index (χ0n) is 12.5. The minimum Gasteiger partial charge on any atom is -0.322 e. The van der Waals surface area contributed by atoms with Crippen molar-refractivity contribution in [1.29, 1.82) is 0 Å². The lowest BCUT2D eigenvalue weighted by Crippen LogP contribution is -2.03. The van der Waals surface area contributed by atoms with Crippen LogP contribution in [0.1, 0.15) is 11.3 Å². The summed E-state index contributed by atoms with van der Waals surface area (Å²) in [6.45, 7) is 0. The molecular formula is C14H11F3N4S4. The van der Waals surface area contributed by atoms with Gasteiger partial charge in [0, 0.05) is 22.6 Å². The van der Waals surface area contributed by atoms with Gasteiger partial charge < -0.3 is 5.73 Å². The van der Waals surface area contributed by atoms with E-state index < -0.39 is 11.7 Å². The molecule has 3 rings (SSSR count). The number of hydrogen-bond donors (Lipinski definition) is 1. The monoisotopic (exact) mass is 420 g/mol. The van der Waals surface area contributed by atoms with E-state index >= 15 is 0 Å². The van der Waals surface area contributed by atoms with Crippen molar-refractivity contribution in [3.8, 4) is 10.6 Å². The Bertz CT molecular complexity index is 829. The SMILES string of the molecule is NCSc1nnc(SCc2csc(-c3ccc(C(F)(F)F)cc3)n2)s1. The number of nitrogens with two attached hydrogens (primary N) is 1. The Morgan fingerprint density at radius 1 is 1.04 bits per heavy atom. The molecule has 2 N–H and O–H groups in total.